The monoisotopic (exact) mass is 229 g/mol. The van der Waals surface area contributed by atoms with Gasteiger partial charge in [0, 0.05) is 10.6 Å². The fourth-order valence-corrected chi connectivity index (χ4v) is 1.69. The number of hydrogen-bond acceptors (Lipinski definition) is 6. The largest absolute Gasteiger partial charge is 0.466 e. The molecule has 0 bridgehead atoms. The summed E-state index contributed by atoms with van der Waals surface area (Å²) in [4.78, 5) is 23.3. The van der Waals surface area contributed by atoms with Crippen LogP contribution in [0.15, 0.2) is 6.07 Å². The molecule has 0 amide bonds. The van der Waals surface area contributed by atoms with Gasteiger partial charge in [-0.05, 0) is 13.0 Å². The predicted molar refractivity (Wildman–Crippen MR) is 55.8 cm³/mol. The number of anilines is 1. The molecule has 0 aliphatic carbocycles. The molecule has 2 N–H and O–H groups in total. The standard InChI is InChI=1S/C9H11NO4S/c1-5-6(10)3-7(15-5)9(12)14-4-8(11)13-2/h3H,4,10H2,1-2H3. The van der Waals surface area contributed by atoms with Crippen LogP contribution < -0.4 is 5.73 Å². The van der Waals surface area contributed by atoms with Crippen LogP contribution in [-0.2, 0) is 14.3 Å². The number of carbonyl (C=O) groups is 2. The summed E-state index contributed by atoms with van der Waals surface area (Å²) in [5.41, 5.74) is 6.12. The molecular weight excluding hydrogens is 218 g/mol. The summed E-state index contributed by atoms with van der Waals surface area (Å²) in [5, 5.41) is 0. The third-order valence-electron chi connectivity index (χ3n) is 1.71. The highest BCUT2D eigenvalue weighted by atomic mass is 32.1. The van der Waals surface area contributed by atoms with Crippen LogP contribution in [0.5, 0.6) is 0 Å². The van der Waals surface area contributed by atoms with Gasteiger partial charge < -0.3 is 15.2 Å². The minimum absolute atomic E-state index is 0.383. The molecule has 6 heteroatoms. The van der Waals surface area contributed by atoms with E-state index in [2.05, 4.69) is 4.74 Å². The minimum atomic E-state index is -0.593. The van der Waals surface area contributed by atoms with Gasteiger partial charge in [-0.25, -0.2) is 9.59 Å². The van der Waals surface area contributed by atoms with Crippen molar-refractivity contribution in [3.05, 3.63) is 15.8 Å². The molecule has 82 valence electrons. The molecule has 1 aromatic heterocycles. The highest BCUT2D eigenvalue weighted by molar-refractivity contribution is 7.14. The van der Waals surface area contributed by atoms with E-state index in [0.717, 1.165) is 4.88 Å². The van der Waals surface area contributed by atoms with Crippen LogP contribution in [-0.4, -0.2) is 25.7 Å². The smallest absolute Gasteiger partial charge is 0.348 e. The molecule has 15 heavy (non-hydrogen) atoms. The van der Waals surface area contributed by atoms with Crippen LogP contribution in [0.25, 0.3) is 0 Å². The zero-order valence-corrected chi connectivity index (χ0v) is 9.22. The first kappa shape index (κ1) is 11.5. The van der Waals surface area contributed by atoms with Crippen LogP contribution in [0.2, 0.25) is 0 Å². The Kier molecular flexibility index (Phi) is 3.68. The van der Waals surface area contributed by atoms with E-state index in [-0.39, 0.29) is 6.61 Å². The fraction of sp³-hybridized carbons (Fsp3) is 0.333. The summed E-state index contributed by atoms with van der Waals surface area (Å²) in [5.74, 6) is -1.16. The molecule has 0 aliphatic rings. The Morgan fingerprint density at radius 3 is 2.67 bits per heavy atom. The van der Waals surface area contributed by atoms with E-state index in [9.17, 15) is 9.59 Å². The number of nitrogens with two attached hydrogens (primary N) is 1. The van der Waals surface area contributed by atoms with Gasteiger partial charge >= 0.3 is 11.9 Å². The second-order valence-electron chi connectivity index (χ2n) is 2.77. The molecule has 0 radical (unpaired) electrons. The summed E-state index contributed by atoms with van der Waals surface area (Å²) in [7, 11) is 1.23. The molecule has 0 aliphatic heterocycles. The van der Waals surface area contributed by atoms with E-state index in [1.807, 2.05) is 0 Å². The van der Waals surface area contributed by atoms with Gasteiger partial charge in [0.25, 0.3) is 0 Å². The van der Waals surface area contributed by atoms with Gasteiger partial charge in [-0.15, -0.1) is 11.3 Å². The average molecular weight is 229 g/mol. The van der Waals surface area contributed by atoms with E-state index in [1.54, 1.807) is 6.92 Å². The predicted octanol–water partition coefficient (Wildman–Crippen LogP) is 0.969. The van der Waals surface area contributed by atoms with E-state index >= 15 is 0 Å². The van der Waals surface area contributed by atoms with Crippen LogP contribution in [0.1, 0.15) is 14.5 Å². The lowest BCUT2D eigenvalue weighted by molar-refractivity contribution is -0.144. The van der Waals surface area contributed by atoms with Gasteiger partial charge in [-0.3, -0.25) is 0 Å². The number of rotatable bonds is 3. The molecule has 1 heterocycles. The zero-order valence-electron chi connectivity index (χ0n) is 8.40. The summed E-state index contributed by atoms with van der Waals surface area (Å²) in [6.07, 6.45) is 0. The summed E-state index contributed by atoms with van der Waals surface area (Å²) < 4.78 is 9.02. The number of esters is 2. The van der Waals surface area contributed by atoms with E-state index in [0.29, 0.717) is 10.6 Å². The average Bonchev–Trinajstić information content (AvgIpc) is 2.55. The van der Waals surface area contributed by atoms with Gasteiger partial charge in [-0.2, -0.15) is 0 Å². The lowest BCUT2D eigenvalue weighted by Gasteiger charge is -2.00. The van der Waals surface area contributed by atoms with Crippen molar-refractivity contribution in [1.82, 2.24) is 0 Å². The SMILES string of the molecule is COC(=O)COC(=O)c1cc(N)c(C)s1. The highest BCUT2D eigenvalue weighted by Gasteiger charge is 2.13. The Hall–Kier alpha value is -1.56. The zero-order chi connectivity index (χ0) is 11.4. The van der Waals surface area contributed by atoms with Crippen molar-refractivity contribution < 1.29 is 19.1 Å². The van der Waals surface area contributed by atoms with Gasteiger partial charge in [-0.1, -0.05) is 0 Å². The third-order valence-corrected chi connectivity index (χ3v) is 2.75. The van der Waals surface area contributed by atoms with Gasteiger partial charge in [0.05, 0.1) is 7.11 Å². The maximum Gasteiger partial charge on any atom is 0.348 e. The first-order chi connectivity index (χ1) is 7.04. The lowest BCUT2D eigenvalue weighted by Crippen LogP contribution is -2.14. The Balaban J connectivity index is 2.58. The van der Waals surface area contributed by atoms with Crippen LogP contribution in [0, 0.1) is 6.92 Å². The first-order valence-corrected chi connectivity index (χ1v) is 4.96. The fourth-order valence-electron chi connectivity index (χ4n) is 0.851. The van der Waals surface area contributed by atoms with Crippen LogP contribution >= 0.6 is 11.3 Å². The molecule has 0 atom stereocenters. The van der Waals surface area contributed by atoms with Gasteiger partial charge in [0.2, 0.25) is 0 Å². The van der Waals surface area contributed by atoms with Crippen molar-refractivity contribution in [3.8, 4) is 0 Å². The number of thiophene rings is 1. The molecule has 1 aromatic rings. The minimum Gasteiger partial charge on any atom is -0.466 e. The van der Waals surface area contributed by atoms with Crippen molar-refractivity contribution in [2.45, 2.75) is 6.92 Å². The summed E-state index contributed by atoms with van der Waals surface area (Å²) in [6.45, 7) is 1.42. The molecule has 5 nitrogen and oxygen atoms in total. The number of methoxy groups -OCH3 is 1. The summed E-state index contributed by atoms with van der Waals surface area (Å²) in [6, 6.07) is 1.53. The van der Waals surface area contributed by atoms with Crippen molar-refractivity contribution in [2.24, 2.45) is 0 Å². The Morgan fingerprint density at radius 1 is 1.53 bits per heavy atom. The molecular formula is C9H11NO4S. The number of carbonyl (C=O) groups excluding carboxylic acids is 2. The molecule has 0 unspecified atom stereocenters. The number of nitrogen functional groups attached to an aromatic ring is 1. The maximum absolute atomic E-state index is 11.4. The van der Waals surface area contributed by atoms with Gasteiger partial charge in [0.15, 0.2) is 6.61 Å². The van der Waals surface area contributed by atoms with Gasteiger partial charge in [0.1, 0.15) is 4.88 Å². The Labute approximate surface area is 90.8 Å². The number of hydrogen-bond donors (Lipinski definition) is 1. The highest BCUT2D eigenvalue weighted by Crippen LogP contribution is 2.23. The Bertz CT molecular complexity index is 366. The Morgan fingerprint density at radius 2 is 2.20 bits per heavy atom. The van der Waals surface area contributed by atoms with Crippen LogP contribution in [0.4, 0.5) is 5.69 Å². The lowest BCUT2D eigenvalue weighted by atomic mass is 10.4. The molecule has 1 rings (SSSR count). The van der Waals surface area contributed by atoms with Crippen LogP contribution in [0.3, 0.4) is 0 Å². The van der Waals surface area contributed by atoms with E-state index in [1.165, 1.54) is 24.5 Å². The quantitative estimate of drug-likeness (QED) is 0.781. The molecule has 0 saturated carbocycles. The number of ether oxygens (including phenoxy) is 2. The second-order valence-corrected chi connectivity index (χ2v) is 4.03. The van der Waals surface area contributed by atoms with E-state index in [4.69, 9.17) is 10.5 Å². The maximum atomic E-state index is 11.4. The van der Waals surface area contributed by atoms with E-state index < -0.39 is 11.9 Å². The van der Waals surface area contributed by atoms with Crippen molar-refractivity contribution >= 4 is 29.0 Å². The third kappa shape index (κ3) is 2.95. The topological polar surface area (TPSA) is 78.6 Å². The first-order valence-electron chi connectivity index (χ1n) is 4.14. The molecule has 0 saturated heterocycles. The second kappa shape index (κ2) is 4.79. The molecule has 0 fully saturated rings. The van der Waals surface area contributed by atoms with Crippen molar-refractivity contribution in [2.75, 3.05) is 19.5 Å². The molecule has 0 aromatic carbocycles. The van der Waals surface area contributed by atoms with Crippen molar-refractivity contribution in [1.29, 1.82) is 0 Å². The molecule has 0 spiro atoms. The summed E-state index contributed by atoms with van der Waals surface area (Å²) >= 11 is 1.23. The normalized spacial score (nSPS) is 9.73. The van der Waals surface area contributed by atoms with Crippen molar-refractivity contribution in [3.63, 3.8) is 0 Å². The number of aryl methyl sites for hydroxylation is 1.